The third-order valence-electron chi connectivity index (χ3n) is 10.1. The van der Waals surface area contributed by atoms with Crippen LogP contribution in [0.25, 0.3) is 0 Å². The van der Waals surface area contributed by atoms with E-state index in [-0.39, 0.29) is 25.2 Å². The standard InChI is InChI=1S/C43H84O5/c1-5-40(4)34-30-26-22-18-14-12-10-8-6-7-9-11-13-15-19-24-28-32-36-43(46)48-41(37-44)38-47-42(45)35-31-27-23-20-16-17-21-25-29-33-39(2)3/h39-41,44H,5-38H2,1-4H3/t40?,41-/m0/s1. The van der Waals surface area contributed by atoms with Crippen LogP contribution in [-0.4, -0.2) is 36.4 Å². The van der Waals surface area contributed by atoms with Gasteiger partial charge in [-0.2, -0.15) is 0 Å². The largest absolute Gasteiger partial charge is 0.462 e. The van der Waals surface area contributed by atoms with Crippen molar-refractivity contribution in [3.8, 4) is 0 Å². The molecule has 0 saturated heterocycles. The molecule has 0 rings (SSSR count). The van der Waals surface area contributed by atoms with Crippen LogP contribution in [0, 0.1) is 11.8 Å². The fourth-order valence-electron chi connectivity index (χ4n) is 6.48. The monoisotopic (exact) mass is 681 g/mol. The molecular formula is C43H84O5. The van der Waals surface area contributed by atoms with Crippen LogP contribution < -0.4 is 0 Å². The van der Waals surface area contributed by atoms with Gasteiger partial charge in [0.1, 0.15) is 6.61 Å². The quantitative estimate of drug-likeness (QED) is 0.0519. The van der Waals surface area contributed by atoms with E-state index in [4.69, 9.17) is 9.47 Å². The molecule has 0 saturated carbocycles. The first-order chi connectivity index (χ1) is 23.4. The smallest absolute Gasteiger partial charge is 0.306 e. The fourth-order valence-corrected chi connectivity index (χ4v) is 6.48. The Labute approximate surface area is 299 Å². The minimum Gasteiger partial charge on any atom is -0.462 e. The predicted molar refractivity (Wildman–Crippen MR) is 205 cm³/mol. The zero-order valence-corrected chi connectivity index (χ0v) is 32.9. The first-order valence-corrected chi connectivity index (χ1v) is 21.3. The number of carbonyl (C=O) groups excluding carboxylic acids is 2. The minimum absolute atomic E-state index is 0.0588. The number of aliphatic hydroxyl groups is 1. The highest BCUT2D eigenvalue weighted by atomic mass is 16.6. The Balaban J connectivity index is 3.46. The lowest BCUT2D eigenvalue weighted by molar-refractivity contribution is -0.161. The van der Waals surface area contributed by atoms with Crippen molar-refractivity contribution in [2.75, 3.05) is 13.2 Å². The van der Waals surface area contributed by atoms with E-state index in [9.17, 15) is 14.7 Å². The molecule has 1 unspecified atom stereocenters. The number of carbonyl (C=O) groups is 2. The zero-order chi connectivity index (χ0) is 35.3. The molecule has 0 aliphatic rings. The van der Waals surface area contributed by atoms with Crippen molar-refractivity contribution in [1.82, 2.24) is 0 Å². The van der Waals surface area contributed by atoms with Crippen LogP contribution in [0.2, 0.25) is 0 Å². The second-order valence-corrected chi connectivity index (χ2v) is 15.5. The molecule has 0 spiro atoms. The topological polar surface area (TPSA) is 72.8 Å². The molecule has 286 valence electrons. The lowest BCUT2D eigenvalue weighted by atomic mass is 9.99. The summed E-state index contributed by atoms with van der Waals surface area (Å²) in [4.78, 5) is 24.3. The van der Waals surface area contributed by atoms with Gasteiger partial charge in [0.15, 0.2) is 6.10 Å². The number of rotatable bonds is 38. The molecule has 0 bridgehead atoms. The van der Waals surface area contributed by atoms with E-state index < -0.39 is 6.10 Å². The van der Waals surface area contributed by atoms with Crippen LogP contribution >= 0.6 is 0 Å². The molecule has 0 aromatic rings. The number of unbranched alkanes of at least 4 members (excludes halogenated alkanes) is 25. The first kappa shape index (κ1) is 46.9. The van der Waals surface area contributed by atoms with E-state index in [1.165, 1.54) is 154 Å². The molecular weight excluding hydrogens is 596 g/mol. The number of ether oxygens (including phenoxy) is 2. The molecule has 5 heteroatoms. The first-order valence-electron chi connectivity index (χ1n) is 21.3. The maximum atomic E-state index is 12.2. The van der Waals surface area contributed by atoms with Gasteiger partial charge in [0.05, 0.1) is 6.61 Å². The number of hydrogen-bond acceptors (Lipinski definition) is 5. The van der Waals surface area contributed by atoms with E-state index in [0.717, 1.165) is 50.4 Å². The highest BCUT2D eigenvalue weighted by molar-refractivity contribution is 5.70. The summed E-state index contributed by atoms with van der Waals surface area (Å²) in [5.74, 6) is 1.16. The number of hydrogen-bond donors (Lipinski definition) is 1. The van der Waals surface area contributed by atoms with Gasteiger partial charge >= 0.3 is 11.9 Å². The highest BCUT2D eigenvalue weighted by Gasteiger charge is 2.16. The van der Waals surface area contributed by atoms with Crippen molar-refractivity contribution in [3.05, 3.63) is 0 Å². The highest BCUT2D eigenvalue weighted by Crippen LogP contribution is 2.17. The lowest BCUT2D eigenvalue weighted by Crippen LogP contribution is -2.28. The van der Waals surface area contributed by atoms with Gasteiger partial charge in [0, 0.05) is 12.8 Å². The summed E-state index contributed by atoms with van der Waals surface area (Å²) >= 11 is 0. The van der Waals surface area contributed by atoms with Gasteiger partial charge in [-0.15, -0.1) is 0 Å². The second kappa shape index (κ2) is 37.2. The minimum atomic E-state index is -0.763. The molecule has 1 N–H and O–H groups in total. The van der Waals surface area contributed by atoms with Gasteiger partial charge in [-0.3, -0.25) is 9.59 Å². The Kier molecular flexibility index (Phi) is 36.3. The molecule has 48 heavy (non-hydrogen) atoms. The lowest BCUT2D eigenvalue weighted by Gasteiger charge is -2.15. The van der Waals surface area contributed by atoms with Gasteiger partial charge in [-0.05, 0) is 24.7 Å². The molecule has 0 aromatic heterocycles. The van der Waals surface area contributed by atoms with Crippen LogP contribution in [-0.2, 0) is 19.1 Å². The molecule has 0 heterocycles. The summed E-state index contributed by atoms with van der Waals surface area (Å²) in [6.07, 6.45) is 38.9. The summed E-state index contributed by atoms with van der Waals surface area (Å²) in [6.45, 7) is 8.89. The Bertz CT molecular complexity index is 678. The summed E-state index contributed by atoms with van der Waals surface area (Å²) in [5.41, 5.74) is 0. The second-order valence-electron chi connectivity index (χ2n) is 15.5. The van der Waals surface area contributed by atoms with Gasteiger partial charge < -0.3 is 14.6 Å². The van der Waals surface area contributed by atoms with Crippen molar-refractivity contribution in [3.63, 3.8) is 0 Å². The summed E-state index contributed by atoms with van der Waals surface area (Å²) in [5, 5.41) is 9.56. The molecule has 0 aliphatic heterocycles. The van der Waals surface area contributed by atoms with Crippen LogP contribution in [0.1, 0.15) is 233 Å². The van der Waals surface area contributed by atoms with Gasteiger partial charge in [0.25, 0.3) is 0 Å². The van der Waals surface area contributed by atoms with Crippen LogP contribution in [0.15, 0.2) is 0 Å². The molecule has 0 amide bonds. The number of esters is 2. The maximum Gasteiger partial charge on any atom is 0.306 e. The average molecular weight is 681 g/mol. The predicted octanol–water partition coefficient (Wildman–Crippen LogP) is 13.2. The van der Waals surface area contributed by atoms with E-state index in [2.05, 4.69) is 27.7 Å². The van der Waals surface area contributed by atoms with Crippen molar-refractivity contribution in [2.24, 2.45) is 11.8 Å². The molecule has 0 radical (unpaired) electrons. The Morgan fingerprint density at radius 1 is 0.479 bits per heavy atom. The van der Waals surface area contributed by atoms with Gasteiger partial charge in [0.2, 0.25) is 0 Å². The van der Waals surface area contributed by atoms with Crippen molar-refractivity contribution >= 4 is 11.9 Å². The molecule has 5 nitrogen and oxygen atoms in total. The summed E-state index contributed by atoms with van der Waals surface area (Å²) in [6, 6.07) is 0. The van der Waals surface area contributed by atoms with E-state index >= 15 is 0 Å². The molecule has 2 atom stereocenters. The van der Waals surface area contributed by atoms with Crippen LogP contribution in [0.3, 0.4) is 0 Å². The zero-order valence-electron chi connectivity index (χ0n) is 32.9. The Morgan fingerprint density at radius 3 is 1.17 bits per heavy atom. The number of aliphatic hydroxyl groups excluding tert-OH is 1. The third-order valence-corrected chi connectivity index (χ3v) is 10.1. The molecule has 0 aliphatic carbocycles. The van der Waals surface area contributed by atoms with E-state index in [1.807, 2.05) is 0 Å². The maximum absolute atomic E-state index is 12.2. The molecule has 0 aromatic carbocycles. The molecule has 0 fully saturated rings. The van der Waals surface area contributed by atoms with Crippen molar-refractivity contribution < 1.29 is 24.2 Å². The van der Waals surface area contributed by atoms with E-state index in [1.54, 1.807) is 0 Å². The third kappa shape index (κ3) is 36.2. The SMILES string of the molecule is CCC(C)CCCCCCCCCCCCCCCCCCCCC(=O)O[C@@H](CO)COC(=O)CCCCCCCCCCCC(C)C. The Morgan fingerprint density at radius 2 is 0.812 bits per heavy atom. The van der Waals surface area contributed by atoms with Crippen molar-refractivity contribution in [2.45, 2.75) is 239 Å². The van der Waals surface area contributed by atoms with E-state index in [0.29, 0.717) is 12.8 Å². The van der Waals surface area contributed by atoms with Crippen LogP contribution in [0.4, 0.5) is 0 Å². The van der Waals surface area contributed by atoms with Gasteiger partial charge in [-0.25, -0.2) is 0 Å². The summed E-state index contributed by atoms with van der Waals surface area (Å²) < 4.78 is 10.6. The van der Waals surface area contributed by atoms with Gasteiger partial charge in [-0.1, -0.05) is 207 Å². The fraction of sp³-hybridized carbons (Fsp3) is 0.953. The van der Waals surface area contributed by atoms with Crippen LogP contribution in [0.5, 0.6) is 0 Å². The summed E-state index contributed by atoms with van der Waals surface area (Å²) in [7, 11) is 0. The normalized spacial score (nSPS) is 12.8. The van der Waals surface area contributed by atoms with Crippen molar-refractivity contribution in [1.29, 1.82) is 0 Å². The Hall–Kier alpha value is -1.10. The average Bonchev–Trinajstić information content (AvgIpc) is 3.07.